The fourth-order valence-electron chi connectivity index (χ4n) is 3.49. The minimum absolute atomic E-state index is 0.740. The van der Waals surface area contributed by atoms with Crippen molar-refractivity contribution in [1.82, 2.24) is 10.2 Å². The highest BCUT2D eigenvalue weighted by Crippen LogP contribution is 2.28. The van der Waals surface area contributed by atoms with Crippen molar-refractivity contribution in [2.24, 2.45) is 5.92 Å². The van der Waals surface area contributed by atoms with Crippen LogP contribution in [-0.2, 0) is 0 Å². The van der Waals surface area contributed by atoms with Crippen LogP contribution < -0.4 is 5.32 Å². The Labute approximate surface area is 107 Å². The van der Waals surface area contributed by atoms with Crippen LogP contribution in [0, 0.1) is 5.92 Å². The zero-order chi connectivity index (χ0) is 12.1. The Kier molecular flexibility index (Phi) is 5.30. The van der Waals surface area contributed by atoms with Gasteiger partial charge in [0.1, 0.15) is 0 Å². The minimum Gasteiger partial charge on any atom is -0.311 e. The standard InChI is InChI=1S/C15H30N2/c1-3-6-15-12-17(13(2)11-16-15)10-9-14-7-4-5-8-14/h13-16H,3-12H2,1-2H3. The molecule has 1 saturated heterocycles. The van der Waals surface area contributed by atoms with Crippen molar-refractivity contribution in [2.45, 2.75) is 70.9 Å². The predicted octanol–water partition coefficient (Wildman–Crippen LogP) is 3.03. The summed E-state index contributed by atoms with van der Waals surface area (Å²) >= 11 is 0. The molecule has 100 valence electrons. The molecule has 2 unspecified atom stereocenters. The number of nitrogens with zero attached hydrogens (tertiary/aromatic N) is 1. The molecule has 2 aliphatic rings. The van der Waals surface area contributed by atoms with E-state index in [1.165, 1.54) is 64.6 Å². The van der Waals surface area contributed by atoms with E-state index in [0.29, 0.717) is 0 Å². The van der Waals surface area contributed by atoms with Gasteiger partial charge in [-0.1, -0.05) is 39.0 Å². The minimum atomic E-state index is 0.740. The van der Waals surface area contributed by atoms with Crippen molar-refractivity contribution in [3.8, 4) is 0 Å². The fourth-order valence-corrected chi connectivity index (χ4v) is 3.49. The van der Waals surface area contributed by atoms with E-state index in [0.717, 1.165) is 18.0 Å². The Balaban J connectivity index is 1.72. The Morgan fingerprint density at radius 1 is 1.18 bits per heavy atom. The topological polar surface area (TPSA) is 15.3 Å². The summed E-state index contributed by atoms with van der Waals surface area (Å²) < 4.78 is 0. The maximum atomic E-state index is 3.69. The number of hydrogen-bond acceptors (Lipinski definition) is 2. The van der Waals surface area contributed by atoms with E-state index in [4.69, 9.17) is 0 Å². The number of rotatable bonds is 5. The maximum absolute atomic E-state index is 3.69. The van der Waals surface area contributed by atoms with Gasteiger partial charge < -0.3 is 5.32 Å². The molecule has 2 atom stereocenters. The molecule has 0 bridgehead atoms. The quantitative estimate of drug-likeness (QED) is 0.792. The highest BCUT2D eigenvalue weighted by molar-refractivity contribution is 4.84. The third kappa shape index (κ3) is 3.96. The molecule has 2 rings (SSSR count). The molecular weight excluding hydrogens is 208 g/mol. The summed E-state index contributed by atoms with van der Waals surface area (Å²) in [7, 11) is 0. The molecular formula is C15H30N2. The maximum Gasteiger partial charge on any atom is 0.0195 e. The van der Waals surface area contributed by atoms with Gasteiger partial charge in [-0.2, -0.15) is 0 Å². The van der Waals surface area contributed by atoms with Crippen molar-refractivity contribution in [3.05, 3.63) is 0 Å². The zero-order valence-corrected chi connectivity index (χ0v) is 11.8. The summed E-state index contributed by atoms with van der Waals surface area (Å²) in [6, 6.07) is 1.49. The lowest BCUT2D eigenvalue weighted by Gasteiger charge is -2.39. The average molecular weight is 238 g/mol. The highest BCUT2D eigenvalue weighted by atomic mass is 15.2. The Morgan fingerprint density at radius 2 is 1.94 bits per heavy atom. The first kappa shape index (κ1) is 13.4. The Bertz CT molecular complexity index is 211. The molecule has 0 aromatic carbocycles. The van der Waals surface area contributed by atoms with Gasteiger partial charge in [0.2, 0.25) is 0 Å². The summed E-state index contributed by atoms with van der Waals surface area (Å²) in [5, 5.41) is 3.69. The lowest BCUT2D eigenvalue weighted by Crippen LogP contribution is -2.55. The lowest BCUT2D eigenvalue weighted by molar-refractivity contribution is 0.129. The monoisotopic (exact) mass is 238 g/mol. The van der Waals surface area contributed by atoms with Crippen molar-refractivity contribution < 1.29 is 0 Å². The van der Waals surface area contributed by atoms with Gasteiger partial charge in [-0.25, -0.2) is 0 Å². The largest absolute Gasteiger partial charge is 0.311 e. The van der Waals surface area contributed by atoms with Gasteiger partial charge >= 0.3 is 0 Å². The summed E-state index contributed by atoms with van der Waals surface area (Å²) in [5.41, 5.74) is 0. The van der Waals surface area contributed by atoms with Crippen LogP contribution in [0.3, 0.4) is 0 Å². The molecule has 0 aromatic heterocycles. The van der Waals surface area contributed by atoms with Gasteiger partial charge in [0.15, 0.2) is 0 Å². The molecule has 17 heavy (non-hydrogen) atoms. The van der Waals surface area contributed by atoms with Gasteiger partial charge in [0, 0.05) is 25.2 Å². The van der Waals surface area contributed by atoms with Crippen LogP contribution in [0.5, 0.6) is 0 Å². The molecule has 1 N–H and O–H groups in total. The molecule has 1 aliphatic heterocycles. The van der Waals surface area contributed by atoms with Crippen molar-refractivity contribution in [1.29, 1.82) is 0 Å². The molecule has 1 saturated carbocycles. The smallest absolute Gasteiger partial charge is 0.0195 e. The number of nitrogens with one attached hydrogen (secondary N) is 1. The van der Waals surface area contributed by atoms with Crippen LogP contribution in [0.15, 0.2) is 0 Å². The molecule has 0 spiro atoms. The number of piperazine rings is 1. The summed E-state index contributed by atoms with van der Waals surface area (Å²) in [6.45, 7) is 8.48. The SMILES string of the molecule is CCCC1CN(CCC2CCCC2)C(C)CN1. The van der Waals surface area contributed by atoms with Crippen molar-refractivity contribution in [3.63, 3.8) is 0 Å². The normalized spacial score (nSPS) is 32.1. The van der Waals surface area contributed by atoms with Crippen LogP contribution in [0.4, 0.5) is 0 Å². The average Bonchev–Trinajstić information content (AvgIpc) is 2.83. The van der Waals surface area contributed by atoms with E-state index in [1.807, 2.05) is 0 Å². The molecule has 1 heterocycles. The second-order valence-electron chi connectivity index (χ2n) is 6.18. The highest BCUT2D eigenvalue weighted by Gasteiger charge is 2.25. The third-order valence-corrected chi connectivity index (χ3v) is 4.72. The van der Waals surface area contributed by atoms with Crippen molar-refractivity contribution >= 4 is 0 Å². The van der Waals surface area contributed by atoms with Gasteiger partial charge in [0.05, 0.1) is 0 Å². The van der Waals surface area contributed by atoms with Gasteiger partial charge in [-0.15, -0.1) is 0 Å². The second-order valence-corrected chi connectivity index (χ2v) is 6.18. The molecule has 0 aromatic rings. The van der Waals surface area contributed by atoms with Crippen LogP contribution >= 0.6 is 0 Å². The first-order valence-electron chi connectivity index (χ1n) is 7.77. The zero-order valence-electron chi connectivity index (χ0n) is 11.8. The van der Waals surface area contributed by atoms with E-state index < -0.39 is 0 Å². The molecule has 2 nitrogen and oxygen atoms in total. The first-order chi connectivity index (χ1) is 8.29. The second kappa shape index (κ2) is 6.75. The predicted molar refractivity (Wildman–Crippen MR) is 74.3 cm³/mol. The van der Waals surface area contributed by atoms with Crippen LogP contribution in [-0.4, -0.2) is 36.6 Å². The van der Waals surface area contributed by atoms with Crippen LogP contribution in [0.1, 0.15) is 58.8 Å². The van der Waals surface area contributed by atoms with E-state index in [2.05, 4.69) is 24.1 Å². The van der Waals surface area contributed by atoms with Gasteiger partial charge in [-0.05, 0) is 32.2 Å². The van der Waals surface area contributed by atoms with Crippen LogP contribution in [0.2, 0.25) is 0 Å². The van der Waals surface area contributed by atoms with E-state index in [1.54, 1.807) is 0 Å². The van der Waals surface area contributed by atoms with Gasteiger partial charge in [-0.3, -0.25) is 4.90 Å². The molecule has 2 fully saturated rings. The van der Waals surface area contributed by atoms with Crippen LogP contribution in [0.25, 0.3) is 0 Å². The molecule has 1 aliphatic carbocycles. The van der Waals surface area contributed by atoms with Crippen molar-refractivity contribution in [2.75, 3.05) is 19.6 Å². The van der Waals surface area contributed by atoms with E-state index in [9.17, 15) is 0 Å². The summed E-state index contributed by atoms with van der Waals surface area (Å²) in [5.74, 6) is 1.04. The molecule has 0 amide bonds. The molecule has 2 heteroatoms. The number of hydrogen-bond donors (Lipinski definition) is 1. The fraction of sp³-hybridized carbons (Fsp3) is 1.00. The first-order valence-corrected chi connectivity index (χ1v) is 7.77. The summed E-state index contributed by atoms with van der Waals surface area (Å²) in [4.78, 5) is 2.73. The van der Waals surface area contributed by atoms with Gasteiger partial charge in [0.25, 0.3) is 0 Å². The Hall–Kier alpha value is -0.0800. The summed E-state index contributed by atoms with van der Waals surface area (Å²) in [6.07, 6.45) is 10.1. The lowest BCUT2D eigenvalue weighted by atomic mass is 10.0. The van der Waals surface area contributed by atoms with E-state index in [-0.39, 0.29) is 0 Å². The third-order valence-electron chi connectivity index (χ3n) is 4.72. The Morgan fingerprint density at radius 3 is 2.65 bits per heavy atom. The molecule has 0 radical (unpaired) electrons. The van der Waals surface area contributed by atoms with E-state index >= 15 is 0 Å².